The first kappa shape index (κ1) is 16.1. The maximum Gasteiger partial charge on any atom is 0.410 e. The fourth-order valence-corrected chi connectivity index (χ4v) is 2.82. The number of cyclic esters (lactones) is 1. The van der Waals surface area contributed by atoms with Crippen LogP contribution in [0.15, 0.2) is 30.5 Å². The van der Waals surface area contributed by atoms with E-state index in [0.29, 0.717) is 29.7 Å². The molecule has 0 radical (unpaired) electrons. The zero-order chi connectivity index (χ0) is 16.4. The second-order valence-corrected chi connectivity index (χ2v) is 6.30. The van der Waals surface area contributed by atoms with Crippen molar-refractivity contribution in [1.82, 2.24) is 9.88 Å². The van der Waals surface area contributed by atoms with Gasteiger partial charge in [-0.2, -0.15) is 0 Å². The summed E-state index contributed by atoms with van der Waals surface area (Å²) in [5, 5.41) is 1.03. The molecule has 3 rings (SSSR count). The summed E-state index contributed by atoms with van der Waals surface area (Å²) >= 11 is 12.1. The number of hydrogen-bond acceptors (Lipinski definition) is 3. The Kier molecular flexibility index (Phi) is 4.74. The Morgan fingerprint density at radius 1 is 1.22 bits per heavy atom. The van der Waals surface area contributed by atoms with Gasteiger partial charge >= 0.3 is 6.09 Å². The molecule has 0 N–H and O–H groups in total. The number of nitrogens with zero attached hydrogens (tertiary/aromatic N) is 2. The lowest BCUT2D eigenvalue weighted by Crippen LogP contribution is -2.37. The van der Waals surface area contributed by atoms with Crippen molar-refractivity contribution in [3.63, 3.8) is 0 Å². The number of amides is 1. The number of aryl methyl sites for hydroxylation is 1. The van der Waals surface area contributed by atoms with E-state index in [9.17, 15) is 4.79 Å². The van der Waals surface area contributed by atoms with Gasteiger partial charge in [0.05, 0.1) is 23.2 Å². The molecule has 2 aromatic rings. The summed E-state index contributed by atoms with van der Waals surface area (Å²) in [6.07, 6.45) is 2.38. The van der Waals surface area contributed by atoms with Crippen LogP contribution in [0.1, 0.15) is 17.7 Å². The number of aromatic nitrogens is 1. The molecule has 120 valence electrons. The van der Waals surface area contributed by atoms with Gasteiger partial charge in [0.25, 0.3) is 0 Å². The first-order valence-electron chi connectivity index (χ1n) is 7.37. The SMILES string of the molecule is Cc1ncc(-c2ccc(Cl)c(Cl)c2)cc1CN1CCCOC1=O. The van der Waals surface area contributed by atoms with Gasteiger partial charge in [-0.15, -0.1) is 0 Å². The molecule has 0 bridgehead atoms. The van der Waals surface area contributed by atoms with Gasteiger partial charge in [0.2, 0.25) is 0 Å². The van der Waals surface area contributed by atoms with Crippen LogP contribution in [-0.4, -0.2) is 29.1 Å². The number of halogens is 2. The van der Waals surface area contributed by atoms with Crippen molar-refractivity contribution in [2.24, 2.45) is 0 Å². The van der Waals surface area contributed by atoms with Crippen molar-refractivity contribution in [2.45, 2.75) is 19.9 Å². The third-order valence-corrected chi connectivity index (χ3v) is 4.60. The maximum atomic E-state index is 11.8. The minimum Gasteiger partial charge on any atom is -0.449 e. The lowest BCUT2D eigenvalue weighted by Gasteiger charge is -2.26. The maximum absolute atomic E-state index is 11.8. The summed E-state index contributed by atoms with van der Waals surface area (Å²) < 4.78 is 5.08. The number of rotatable bonds is 3. The van der Waals surface area contributed by atoms with Crippen LogP contribution in [-0.2, 0) is 11.3 Å². The summed E-state index contributed by atoms with van der Waals surface area (Å²) in [5.41, 5.74) is 3.77. The van der Waals surface area contributed by atoms with E-state index in [1.165, 1.54) is 0 Å². The molecular formula is C17H16Cl2N2O2. The zero-order valence-corrected chi connectivity index (χ0v) is 14.2. The third kappa shape index (κ3) is 3.59. The highest BCUT2D eigenvalue weighted by atomic mass is 35.5. The molecule has 2 heterocycles. The Morgan fingerprint density at radius 2 is 2.04 bits per heavy atom. The second-order valence-electron chi connectivity index (χ2n) is 5.49. The lowest BCUT2D eigenvalue weighted by molar-refractivity contribution is 0.0699. The summed E-state index contributed by atoms with van der Waals surface area (Å²) in [4.78, 5) is 17.9. The molecule has 0 aliphatic carbocycles. The Morgan fingerprint density at radius 3 is 2.78 bits per heavy atom. The number of carbonyl (C=O) groups is 1. The number of hydrogen-bond donors (Lipinski definition) is 0. The topological polar surface area (TPSA) is 42.4 Å². The Bertz CT molecular complexity index is 749. The second kappa shape index (κ2) is 6.77. The van der Waals surface area contributed by atoms with Gasteiger partial charge in [0.1, 0.15) is 0 Å². The van der Waals surface area contributed by atoms with E-state index >= 15 is 0 Å². The quantitative estimate of drug-likeness (QED) is 0.805. The number of ether oxygens (including phenoxy) is 1. The highest BCUT2D eigenvalue weighted by molar-refractivity contribution is 6.42. The lowest BCUT2D eigenvalue weighted by atomic mass is 10.0. The van der Waals surface area contributed by atoms with Gasteiger partial charge in [0, 0.05) is 24.0 Å². The molecule has 1 aliphatic rings. The first-order valence-corrected chi connectivity index (χ1v) is 8.13. The van der Waals surface area contributed by atoms with Crippen molar-refractivity contribution in [2.75, 3.05) is 13.2 Å². The van der Waals surface area contributed by atoms with Crippen LogP contribution < -0.4 is 0 Å². The molecule has 1 aromatic heterocycles. The van der Waals surface area contributed by atoms with E-state index in [-0.39, 0.29) is 6.09 Å². The van der Waals surface area contributed by atoms with Gasteiger partial charge < -0.3 is 9.64 Å². The van der Waals surface area contributed by atoms with Crippen LogP contribution in [0.5, 0.6) is 0 Å². The number of benzene rings is 1. The van der Waals surface area contributed by atoms with Crippen LogP contribution in [0.4, 0.5) is 4.79 Å². The number of carbonyl (C=O) groups excluding carboxylic acids is 1. The van der Waals surface area contributed by atoms with Gasteiger partial charge in [-0.05, 0) is 42.7 Å². The molecule has 1 aliphatic heterocycles. The fourth-order valence-electron chi connectivity index (χ4n) is 2.52. The van der Waals surface area contributed by atoms with Crippen molar-refractivity contribution in [1.29, 1.82) is 0 Å². The van der Waals surface area contributed by atoms with Crippen molar-refractivity contribution in [3.05, 3.63) is 51.8 Å². The van der Waals surface area contributed by atoms with Crippen LogP contribution >= 0.6 is 23.2 Å². The third-order valence-electron chi connectivity index (χ3n) is 3.86. The Balaban J connectivity index is 1.89. The van der Waals surface area contributed by atoms with Crippen LogP contribution in [0, 0.1) is 6.92 Å². The average Bonchev–Trinajstić information content (AvgIpc) is 2.54. The minimum atomic E-state index is -0.268. The normalized spacial score (nSPS) is 14.7. The Labute approximate surface area is 145 Å². The standard InChI is InChI=1S/C17H16Cl2N2O2/c1-11-14(10-21-5-2-6-23-17(21)22)7-13(9-20-11)12-3-4-15(18)16(19)8-12/h3-4,7-9H,2,5-6,10H2,1H3. The van der Waals surface area contributed by atoms with E-state index < -0.39 is 0 Å². The monoisotopic (exact) mass is 350 g/mol. The van der Waals surface area contributed by atoms with E-state index in [1.807, 2.05) is 25.1 Å². The zero-order valence-electron chi connectivity index (χ0n) is 12.7. The summed E-state index contributed by atoms with van der Waals surface area (Å²) in [6, 6.07) is 7.51. The highest BCUT2D eigenvalue weighted by Gasteiger charge is 2.20. The van der Waals surface area contributed by atoms with E-state index in [0.717, 1.165) is 28.8 Å². The van der Waals surface area contributed by atoms with Crippen molar-refractivity contribution >= 4 is 29.3 Å². The van der Waals surface area contributed by atoms with Crippen molar-refractivity contribution < 1.29 is 9.53 Å². The summed E-state index contributed by atoms with van der Waals surface area (Å²) in [7, 11) is 0. The molecule has 1 fully saturated rings. The van der Waals surface area contributed by atoms with Gasteiger partial charge in [-0.1, -0.05) is 29.3 Å². The fraction of sp³-hybridized carbons (Fsp3) is 0.294. The molecule has 0 spiro atoms. The van der Waals surface area contributed by atoms with E-state index in [4.69, 9.17) is 27.9 Å². The molecular weight excluding hydrogens is 335 g/mol. The predicted octanol–water partition coefficient (Wildman–Crippen LogP) is 4.71. The van der Waals surface area contributed by atoms with Gasteiger partial charge in [0.15, 0.2) is 0 Å². The summed E-state index contributed by atoms with van der Waals surface area (Å²) in [5.74, 6) is 0. The minimum absolute atomic E-state index is 0.268. The van der Waals surface area contributed by atoms with Gasteiger partial charge in [-0.25, -0.2) is 4.79 Å². The van der Waals surface area contributed by atoms with Crippen LogP contribution in [0.3, 0.4) is 0 Å². The molecule has 0 unspecified atom stereocenters. The smallest absolute Gasteiger partial charge is 0.410 e. The molecule has 0 atom stereocenters. The molecule has 1 saturated heterocycles. The molecule has 4 nitrogen and oxygen atoms in total. The summed E-state index contributed by atoms with van der Waals surface area (Å²) in [6.45, 7) is 3.63. The van der Waals surface area contributed by atoms with Crippen molar-refractivity contribution in [3.8, 4) is 11.1 Å². The van der Waals surface area contributed by atoms with Crippen LogP contribution in [0.25, 0.3) is 11.1 Å². The Hall–Kier alpha value is -1.78. The van der Waals surface area contributed by atoms with E-state index in [1.54, 1.807) is 17.2 Å². The van der Waals surface area contributed by atoms with Gasteiger partial charge in [-0.3, -0.25) is 4.98 Å². The molecule has 1 aromatic carbocycles. The van der Waals surface area contributed by atoms with Crippen LogP contribution in [0.2, 0.25) is 10.0 Å². The molecule has 6 heteroatoms. The molecule has 1 amide bonds. The van der Waals surface area contributed by atoms with E-state index in [2.05, 4.69) is 4.98 Å². The highest BCUT2D eigenvalue weighted by Crippen LogP contribution is 2.29. The number of pyridine rings is 1. The first-order chi connectivity index (χ1) is 11.0. The predicted molar refractivity (Wildman–Crippen MR) is 90.8 cm³/mol. The average molecular weight is 351 g/mol. The molecule has 23 heavy (non-hydrogen) atoms. The molecule has 0 saturated carbocycles. The largest absolute Gasteiger partial charge is 0.449 e.